The molecule has 7 rings (SSSR count). The van der Waals surface area contributed by atoms with E-state index in [1.54, 1.807) is 19.9 Å². The number of methoxy groups -OCH3 is 1. The molecule has 29 heteroatoms. The SMILES string of the molecule is CCO[C@@H]1C[C@H]2C(=O)NC3(CC(C)(C)C3)C(=O)N(C)[C@@H](C3CCCC3)C(=O)N(C)[C@H](C(=O)N(C)C)CC(=O)N(C)[C@@H](CC(C)C)C(=O)N[C@@H]([C@@H](C)CC)C(=O)N(C)CC(=O)N(C)[C@H]3C/C=C\CCN(C3=O)[C@@H](CC3CCC(C(C)C)CC3)C(=O)N(C)CC(=O)N[C@@H](CCC3CCC(C(F)(F)F)C(OC)C3)C(=O)N2C1. The molecule has 0 aromatic heterocycles. The van der Waals surface area contributed by atoms with Crippen LogP contribution < -0.4 is 16.0 Å². The molecule has 0 aromatic rings. The molecular formula is C80H131F3N12O14. The first-order valence-corrected chi connectivity index (χ1v) is 40.3. The number of fused-ring (bicyclic) bond motifs is 3. The van der Waals surface area contributed by atoms with Crippen LogP contribution in [-0.2, 0) is 67.0 Å². The standard InChI is InChI=1S/C80H131F3N12O14/c1-19-50(7)67-75(105)89(13)45-66(98)90(14)58-28-22-21-25-37-94(74(58)104)62(39-51-29-33-53(34-30-51)49(5)6)73(103)88(12)44-64(96)84-57(36-32-52-31-35-56(80(81,82)83)63(40-52)108-18)71(101)95-43-55(109-20-2)41-60(95)70(100)86-79(46-78(8,9)47-79)77(107)93(17)68(54-26-23-24-27-54)76(106)92(16)61(72(102)87(10)11)42-65(97)91(15)59(38-48(3)4)69(99)85-67/h21-22,48-63,67-68H,19-20,23-47H2,1-18H3,(H,84,96)(H,85,99)(H,86,100)/b22-21-/t50-,51?,52?,53?,55+,56?,57-,58-,59-,60-,61-,62-,63?,67-,68-/m0/s1. The Kier molecular flexibility index (Phi) is 31.6. The van der Waals surface area contributed by atoms with E-state index in [0.717, 1.165) is 38.5 Å². The molecule has 1 spiro atoms. The summed E-state index contributed by atoms with van der Waals surface area (Å²) >= 11 is 0. The number of hydrogen-bond acceptors (Lipinski definition) is 14. The maximum absolute atomic E-state index is 15.9. The monoisotopic (exact) mass is 1540 g/mol. The van der Waals surface area contributed by atoms with Gasteiger partial charge in [-0.3, -0.25) is 57.5 Å². The van der Waals surface area contributed by atoms with Gasteiger partial charge >= 0.3 is 6.18 Å². The van der Waals surface area contributed by atoms with Gasteiger partial charge in [0.1, 0.15) is 53.9 Å². The number of nitrogens with one attached hydrogen (secondary N) is 3. The van der Waals surface area contributed by atoms with Crippen molar-refractivity contribution in [3.63, 3.8) is 0 Å². The molecule has 109 heavy (non-hydrogen) atoms. The highest BCUT2D eigenvalue weighted by Crippen LogP contribution is 2.50. The lowest BCUT2D eigenvalue weighted by atomic mass is 9.58. The van der Waals surface area contributed by atoms with Gasteiger partial charge in [-0.2, -0.15) is 13.2 Å². The minimum absolute atomic E-state index is 0.0100. The number of carbonyl (C=O) groups is 12. The van der Waals surface area contributed by atoms with Crippen molar-refractivity contribution in [2.24, 2.45) is 52.8 Å². The first-order chi connectivity index (χ1) is 51.1. The number of alkyl halides is 3. The molecule has 0 aromatic carbocycles. The minimum Gasteiger partial charge on any atom is -0.381 e. The van der Waals surface area contributed by atoms with Gasteiger partial charge in [-0.25, -0.2) is 0 Å². The molecule has 4 aliphatic carbocycles. The molecule has 3 aliphatic heterocycles. The normalized spacial score (nSPS) is 31.5. The number of rotatable bonds is 15. The van der Waals surface area contributed by atoms with Crippen molar-refractivity contribution in [3.05, 3.63) is 12.2 Å². The molecule has 12 amide bonds. The van der Waals surface area contributed by atoms with E-state index >= 15 is 38.4 Å². The fourth-order valence-electron chi connectivity index (χ4n) is 18.5. The summed E-state index contributed by atoms with van der Waals surface area (Å²) in [6.07, 6.45) is 3.74. The molecule has 7 aliphatic rings. The molecule has 3 heterocycles. The van der Waals surface area contributed by atoms with Crippen LogP contribution >= 0.6 is 0 Å². The average Bonchev–Trinajstić information content (AvgIpc) is 1.45. The Bertz CT molecular complexity index is 3240. The molecule has 6 fully saturated rings. The van der Waals surface area contributed by atoms with Crippen LogP contribution in [0.25, 0.3) is 0 Å². The first kappa shape index (κ1) is 89.3. The summed E-state index contributed by atoms with van der Waals surface area (Å²) in [7, 11) is 12.8. The number of hydrogen-bond donors (Lipinski definition) is 3. The minimum atomic E-state index is -4.52. The van der Waals surface area contributed by atoms with Crippen molar-refractivity contribution in [3.8, 4) is 0 Å². The van der Waals surface area contributed by atoms with Gasteiger partial charge in [0.15, 0.2) is 0 Å². The Labute approximate surface area is 645 Å². The maximum atomic E-state index is 15.9. The van der Waals surface area contributed by atoms with Gasteiger partial charge in [0.25, 0.3) is 0 Å². The van der Waals surface area contributed by atoms with Crippen LogP contribution in [-0.4, -0.2) is 284 Å². The second kappa shape index (κ2) is 38.5. The zero-order chi connectivity index (χ0) is 81.1. The lowest BCUT2D eigenvalue weighted by Gasteiger charge is -2.54. The van der Waals surface area contributed by atoms with Crippen molar-refractivity contribution >= 4 is 70.9 Å². The zero-order valence-electron chi connectivity index (χ0n) is 68.5. The van der Waals surface area contributed by atoms with Gasteiger partial charge in [-0.05, 0) is 150 Å². The molecule has 616 valence electrons. The molecule has 3 unspecified atom stereocenters. The summed E-state index contributed by atoms with van der Waals surface area (Å²) in [4.78, 5) is 195. The van der Waals surface area contributed by atoms with Crippen LogP contribution in [0.4, 0.5) is 13.2 Å². The van der Waals surface area contributed by atoms with Gasteiger partial charge in [0.05, 0.1) is 37.6 Å². The van der Waals surface area contributed by atoms with Gasteiger partial charge in [-0.15, -0.1) is 0 Å². The van der Waals surface area contributed by atoms with E-state index in [1.165, 1.54) is 108 Å². The lowest BCUT2D eigenvalue weighted by molar-refractivity contribution is -0.215. The second-order valence-electron chi connectivity index (χ2n) is 34.7. The van der Waals surface area contributed by atoms with Crippen LogP contribution in [0.15, 0.2) is 12.2 Å². The molecule has 2 bridgehead atoms. The van der Waals surface area contributed by atoms with Gasteiger partial charge in [-0.1, -0.05) is 99.6 Å². The third-order valence-electron chi connectivity index (χ3n) is 25.1. The van der Waals surface area contributed by atoms with Crippen LogP contribution in [0.1, 0.15) is 204 Å². The van der Waals surface area contributed by atoms with E-state index in [2.05, 4.69) is 29.8 Å². The number of likely N-dealkylation sites (N-methyl/N-ethyl adjacent to an activating group) is 7. The lowest BCUT2D eigenvalue weighted by Crippen LogP contribution is -2.71. The number of carbonyl (C=O) groups excluding carboxylic acids is 12. The van der Waals surface area contributed by atoms with E-state index in [4.69, 9.17) is 9.47 Å². The number of ether oxygens (including phenoxy) is 2. The summed E-state index contributed by atoms with van der Waals surface area (Å²) in [5.41, 5.74) is -2.18. The predicted octanol–water partition coefficient (Wildman–Crippen LogP) is 6.81. The summed E-state index contributed by atoms with van der Waals surface area (Å²) < 4.78 is 54.7. The Balaban J connectivity index is 1.34. The van der Waals surface area contributed by atoms with Crippen molar-refractivity contribution in [1.29, 1.82) is 0 Å². The maximum Gasteiger partial charge on any atom is 0.394 e. The smallest absolute Gasteiger partial charge is 0.381 e. The summed E-state index contributed by atoms with van der Waals surface area (Å²) in [6, 6.07) is -10.2. The fourth-order valence-corrected chi connectivity index (χ4v) is 18.5. The number of nitrogens with zero attached hydrogens (tertiary/aromatic N) is 9. The molecule has 3 N–H and O–H groups in total. The average molecular weight is 1540 g/mol. The highest BCUT2D eigenvalue weighted by molar-refractivity contribution is 6.01. The summed E-state index contributed by atoms with van der Waals surface area (Å²) in [5.74, 6) is -10.2. The van der Waals surface area contributed by atoms with Crippen LogP contribution in [0.5, 0.6) is 0 Å². The van der Waals surface area contributed by atoms with Gasteiger partial charge < -0.3 is 69.5 Å². The third-order valence-corrected chi connectivity index (χ3v) is 25.1. The molecule has 2 saturated heterocycles. The highest BCUT2D eigenvalue weighted by Gasteiger charge is 2.60. The van der Waals surface area contributed by atoms with E-state index in [0.29, 0.717) is 37.5 Å². The van der Waals surface area contributed by atoms with Crippen molar-refractivity contribution in [2.75, 3.05) is 96.3 Å². The van der Waals surface area contributed by atoms with E-state index in [-0.39, 0.29) is 102 Å². The zero-order valence-corrected chi connectivity index (χ0v) is 68.5. The fraction of sp³-hybridized carbons (Fsp3) is 0.825. The number of amides is 12. The van der Waals surface area contributed by atoms with Gasteiger partial charge in [0.2, 0.25) is 70.9 Å². The van der Waals surface area contributed by atoms with Crippen LogP contribution in [0, 0.1) is 52.8 Å². The summed E-state index contributed by atoms with van der Waals surface area (Å²) in [6.45, 7) is 16.3. The molecular weight excluding hydrogens is 1410 g/mol. The Morgan fingerprint density at radius 2 is 1.30 bits per heavy atom. The largest absolute Gasteiger partial charge is 0.394 e. The first-order valence-electron chi connectivity index (χ1n) is 40.3. The van der Waals surface area contributed by atoms with E-state index < -0.39 is 192 Å². The Morgan fingerprint density at radius 3 is 1.88 bits per heavy atom. The predicted molar refractivity (Wildman–Crippen MR) is 405 cm³/mol. The van der Waals surface area contributed by atoms with Crippen molar-refractivity contribution in [1.82, 2.24) is 60.0 Å². The van der Waals surface area contributed by atoms with Crippen LogP contribution in [0.3, 0.4) is 0 Å². The molecule has 26 nitrogen and oxygen atoms in total. The quantitative estimate of drug-likeness (QED) is 0.142. The van der Waals surface area contributed by atoms with Crippen molar-refractivity contribution < 1.29 is 80.2 Å². The Hall–Kier alpha value is -6.91. The molecule has 13 atom stereocenters. The Morgan fingerprint density at radius 1 is 0.670 bits per heavy atom. The topological polar surface area (TPSA) is 289 Å². The van der Waals surface area contributed by atoms with E-state index in [9.17, 15) is 32.3 Å². The second-order valence-corrected chi connectivity index (χ2v) is 34.7. The molecule has 0 radical (unpaired) electrons. The molecule has 4 saturated carbocycles. The van der Waals surface area contributed by atoms with Gasteiger partial charge in [0, 0.05) is 89.6 Å². The van der Waals surface area contributed by atoms with E-state index in [1.807, 2.05) is 40.7 Å². The highest BCUT2D eigenvalue weighted by atomic mass is 19.4. The third kappa shape index (κ3) is 22.1. The summed E-state index contributed by atoms with van der Waals surface area (Å²) in [5, 5.41) is 8.93. The van der Waals surface area contributed by atoms with Crippen LogP contribution in [0.2, 0.25) is 0 Å². The number of halogens is 3. The van der Waals surface area contributed by atoms with Crippen molar-refractivity contribution in [2.45, 2.75) is 276 Å².